The number of piperazine rings is 1. The van der Waals surface area contributed by atoms with Crippen LogP contribution in [-0.2, 0) is 30.7 Å². The molecule has 2 aromatic carbocycles. The van der Waals surface area contributed by atoms with Gasteiger partial charge in [0.05, 0.1) is 18.5 Å². The number of hydrogen-bond donors (Lipinski definition) is 3. The maximum absolute atomic E-state index is 15.4. The zero-order chi connectivity index (χ0) is 33.9. The van der Waals surface area contributed by atoms with E-state index < -0.39 is 63.1 Å². The third-order valence-electron chi connectivity index (χ3n) is 9.54. The van der Waals surface area contributed by atoms with Gasteiger partial charge in [0.15, 0.2) is 11.6 Å². The van der Waals surface area contributed by atoms with Gasteiger partial charge < -0.3 is 25.4 Å². The molecule has 3 N–H and O–H groups in total. The molecule has 2 amide bonds. The summed E-state index contributed by atoms with van der Waals surface area (Å²) in [6.07, 6.45) is 1.59. The summed E-state index contributed by atoms with van der Waals surface area (Å²) < 4.78 is 82.2. The topological polar surface area (TPSA) is 126 Å². The van der Waals surface area contributed by atoms with Gasteiger partial charge in [0.2, 0.25) is 15.9 Å². The van der Waals surface area contributed by atoms with E-state index in [4.69, 9.17) is 9.47 Å². The van der Waals surface area contributed by atoms with Crippen LogP contribution in [0.1, 0.15) is 63.0 Å². The lowest BCUT2D eigenvalue weighted by molar-refractivity contribution is -0.120. The highest BCUT2D eigenvalue weighted by Crippen LogP contribution is 2.41. The largest absolute Gasteiger partial charge is 0.453 e. The molecule has 2 aromatic rings. The zero-order valence-corrected chi connectivity index (χ0v) is 27.7. The molecule has 0 aromatic heterocycles. The van der Waals surface area contributed by atoms with Crippen LogP contribution in [0.15, 0.2) is 36.4 Å². The standard InChI is InChI=1S/C33H43F3N4O6S/c1-33(2)17-21(14-15-46-33)28(20-6-8-22(34)9-7-20)30(39-32(42)45-3)31(41)38-27-13-12-26(35)29(36)25(27)11-10-24-18-37-23-5-4-16-47(43,44)40(24)19-23/h6-9,12-13,21,23-24,28,30,37H,4-5,10-11,14-19H2,1-3H3,(H,38,41)(H,39,42)/t21?,23-,24+,28+,30+/m1/s1. The van der Waals surface area contributed by atoms with Gasteiger partial charge in [-0.25, -0.2) is 26.4 Å². The highest BCUT2D eigenvalue weighted by Gasteiger charge is 2.42. The molecule has 2 bridgehead atoms. The molecule has 0 saturated carbocycles. The molecule has 3 heterocycles. The number of amides is 2. The van der Waals surface area contributed by atoms with E-state index in [1.54, 1.807) is 12.1 Å². The van der Waals surface area contributed by atoms with E-state index in [-0.39, 0.29) is 41.8 Å². The van der Waals surface area contributed by atoms with E-state index in [1.807, 2.05) is 13.8 Å². The number of anilines is 1. The number of nitrogens with one attached hydrogen (secondary N) is 3. The Hall–Kier alpha value is -3.20. The molecule has 0 aliphatic carbocycles. The molecule has 47 heavy (non-hydrogen) atoms. The first kappa shape index (κ1) is 35.1. The third kappa shape index (κ3) is 8.27. The summed E-state index contributed by atoms with van der Waals surface area (Å²) in [7, 11) is -2.34. The molecule has 6 atom stereocenters. The fraction of sp³-hybridized carbons (Fsp3) is 0.576. The molecular formula is C33H43F3N4O6S. The van der Waals surface area contributed by atoms with Gasteiger partial charge in [-0.05, 0) is 88.1 Å². The van der Waals surface area contributed by atoms with Gasteiger partial charge in [-0.3, -0.25) is 4.79 Å². The van der Waals surface area contributed by atoms with Crippen LogP contribution in [0.4, 0.5) is 23.7 Å². The molecule has 0 spiro atoms. The molecule has 14 heteroatoms. The fourth-order valence-electron chi connectivity index (χ4n) is 7.23. The first-order chi connectivity index (χ1) is 22.3. The first-order valence-corrected chi connectivity index (χ1v) is 17.6. The summed E-state index contributed by atoms with van der Waals surface area (Å²) in [6.45, 7) is 4.94. The number of nitrogens with zero attached hydrogens (tertiary/aromatic N) is 1. The Bertz CT molecular complexity index is 1560. The highest BCUT2D eigenvalue weighted by atomic mass is 32.2. The lowest BCUT2D eigenvalue weighted by Crippen LogP contribution is -2.57. The normalized spacial score (nSPS) is 26.3. The van der Waals surface area contributed by atoms with Crippen molar-refractivity contribution < 1.29 is 40.7 Å². The van der Waals surface area contributed by atoms with Crippen molar-refractivity contribution in [2.45, 2.75) is 82.0 Å². The Morgan fingerprint density at radius 1 is 1.13 bits per heavy atom. The number of benzene rings is 2. The maximum atomic E-state index is 15.4. The number of methoxy groups -OCH3 is 1. The molecule has 258 valence electrons. The second-order valence-electron chi connectivity index (χ2n) is 13.3. The Morgan fingerprint density at radius 3 is 2.57 bits per heavy atom. The van der Waals surface area contributed by atoms with E-state index in [0.717, 1.165) is 19.6 Å². The minimum atomic E-state index is -3.50. The van der Waals surface area contributed by atoms with E-state index in [1.165, 1.54) is 22.5 Å². The molecule has 2 unspecified atom stereocenters. The number of hydrogen-bond acceptors (Lipinski definition) is 7. The number of carbonyl (C=O) groups excluding carboxylic acids is 2. The van der Waals surface area contributed by atoms with Crippen LogP contribution in [0.25, 0.3) is 0 Å². The second-order valence-corrected chi connectivity index (χ2v) is 15.3. The van der Waals surface area contributed by atoms with E-state index in [0.29, 0.717) is 44.5 Å². The molecule has 5 rings (SSSR count). The summed E-state index contributed by atoms with van der Waals surface area (Å²) in [5.41, 5.74) is -0.0562. The first-order valence-electron chi connectivity index (χ1n) is 16.0. The van der Waals surface area contributed by atoms with Crippen molar-refractivity contribution in [2.75, 3.05) is 37.9 Å². The van der Waals surface area contributed by atoms with Crippen molar-refractivity contribution in [1.29, 1.82) is 0 Å². The SMILES string of the molecule is COC(=O)N[C@H](C(=O)Nc1ccc(F)c(F)c1CC[C@H]1CN[C@@H]2CCCS(=O)(=O)N1C2)[C@@H](c1ccc(F)cc1)C1CCOC(C)(C)C1. The monoisotopic (exact) mass is 680 g/mol. The molecule has 3 aliphatic rings. The van der Waals surface area contributed by atoms with Crippen LogP contribution in [0.2, 0.25) is 0 Å². The number of fused-ring (bicyclic) bond motifs is 2. The molecule has 10 nitrogen and oxygen atoms in total. The van der Waals surface area contributed by atoms with Gasteiger partial charge in [-0.15, -0.1) is 0 Å². The van der Waals surface area contributed by atoms with Crippen molar-refractivity contribution in [1.82, 2.24) is 14.9 Å². The van der Waals surface area contributed by atoms with Crippen LogP contribution in [-0.4, -0.2) is 81.0 Å². The van der Waals surface area contributed by atoms with Gasteiger partial charge in [0, 0.05) is 48.9 Å². The van der Waals surface area contributed by atoms with Gasteiger partial charge in [0.1, 0.15) is 11.9 Å². The number of ether oxygens (including phenoxy) is 2. The molecular weight excluding hydrogens is 637 g/mol. The molecule has 3 aliphatic heterocycles. The summed E-state index contributed by atoms with van der Waals surface area (Å²) in [6, 6.07) is 6.14. The van der Waals surface area contributed by atoms with Crippen molar-refractivity contribution in [3.05, 3.63) is 65.0 Å². The Kier molecular flexibility index (Phi) is 10.8. The van der Waals surface area contributed by atoms with Crippen LogP contribution in [0, 0.1) is 23.4 Å². The lowest BCUT2D eigenvalue weighted by Gasteiger charge is -2.41. The average molecular weight is 681 g/mol. The van der Waals surface area contributed by atoms with E-state index >= 15 is 4.39 Å². The summed E-state index contributed by atoms with van der Waals surface area (Å²) in [5, 5.41) is 8.72. The summed E-state index contributed by atoms with van der Waals surface area (Å²) >= 11 is 0. The van der Waals surface area contributed by atoms with Gasteiger partial charge in [0.25, 0.3) is 0 Å². The van der Waals surface area contributed by atoms with Crippen molar-refractivity contribution in [3.63, 3.8) is 0 Å². The van der Waals surface area contributed by atoms with Crippen LogP contribution < -0.4 is 16.0 Å². The predicted octanol–water partition coefficient (Wildman–Crippen LogP) is 4.45. The van der Waals surface area contributed by atoms with E-state index in [2.05, 4.69) is 16.0 Å². The number of halogens is 3. The lowest BCUT2D eigenvalue weighted by atomic mass is 9.73. The van der Waals surface area contributed by atoms with Gasteiger partial charge in [-0.1, -0.05) is 12.1 Å². The fourth-order valence-corrected chi connectivity index (χ4v) is 9.04. The number of rotatable bonds is 9. The minimum Gasteiger partial charge on any atom is -0.453 e. The molecule has 0 radical (unpaired) electrons. The van der Waals surface area contributed by atoms with Crippen LogP contribution in [0.5, 0.6) is 0 Å². The summed E-state index contributed by atoms with van der Waals surface area (Å²) in [4.78, 5) is 26.8. The average Bonchev–Trinajstić information content (AvgIpc) is 3.14. The van der Waals surface area contributed by atoms with Crippen LogP contribution in [0.3, 0.4) is 0 Å². The summed E-state index contributed by atoms with van der Waals surface area (Å²) in [5.74, 6) is -4.27. The second kappa shape index (κ2) is 14.5. The quantitative estimate of drug-likeness (QED) is 0.357. The van der Waals surface area contributed by atoms with Crippen molar-refractivity contribution in [3.8, 4) is 0 Å². The third-order valence-corrected chi connectivity index (χ3v) is 11.5. The van der Waals surface area contributed by atoms with Crippen LogP contribution >= 0.6 is 0 Å². The van der Waals surface area contributed by atoms with E-state index in [9.17, 15) is 26.8 Å². The van der Waals surface area contributed by atoms with Crippen molar-refractivity contribution >= 4 is 27.7 Å². The smallest absolute Gasteiger partial charge is 0.407 e. The Balaban J connectivity index is 1.45. The number of carbonyl (C=O) groups is 2. The van der Waals surface area contributed by atoms with Gasteiger partial charge >= 0.3 is 6.09 Å². The Labute approximate surface area is 273 Å². The molecule has 3 fully saturated rings. The zero-order valence-electron chi connectivity index (χ0n) is 26.9. The number of sulfonamides is 1. The predicted molar refractivity (Wildman–Crippen MR) is 170 cm³/mol. The van der Waals surface area contributed by atoms with Crippen molar-refractivity contribution in [2.24, 2.45) is 5.92 Å². The maximum Gasteiger partial charge on any atom is 0.407 e. The number of alkyl carbamates (subject to hydrolysis) is 1. The van der Waals surface area contributed by atoms with Gasteiger partial charge in [-0.2, -0.15) is 4.31 Å². The minimum absolute atomic E-state index is 0.00361. The molecule has 3 saturated heterocycles. The Morgan fingerprint density at radius 2 is 1.87 bits per heavy atom. The highest BCUT2D eigenvalue weighted by molar-refractivity contribution is 7.89.